The molecule has 0 spiro atoms. The molecule has 0 saturated heterocycles. The number of furan rings is 2. The summed E-state index contributed by atoms with van der Waals surface area (Å²) in [5.74, 6) is 0. The first-order valence-corrected chi connectivity index (χ1v) is 20.3. The van der Waals surface area contributed by atoms with Crippen molar-refractivity contribution < 1.29 is 8.83 Å². The maximum Gasteiger partial charge on any atom is 0.143 e. The van der Waals surface area contributed by atoms with Gasteiger partial charge in [-0.25, -0.2) is 0 Å². The van der Waals surface area contributed by atoms with Crippen molar-refractivity contribution in [3.8, 4) is 33.4 Å². The highest BCUT2D eigenvalue weighted by atomic mass is 16.3. The van der Waals surface area contributed by atoms with E-state index in [1.807, 2.05) is 6.07 Å². The summed E-state index contributed by atoms with van der Waals surface area (Å²) >= 11 is 0. The van der Waals surface area contributed by atoms with Crippen LogP contribution in [-0.2, 0) is 5.41 Å². The molecule has 2 nitrogen and oxygen atoms in total. The van der Waals surface area contributed by atoms with Gasteiger partial charge in [0.2, 0.25) is 0 Å². The SMILES string of the molecule is c1ccc(C2(c3ccccc3)c3ccccc3-c3c2cc2cc(-c4cccc5oc6c7ccccc7ccc6c45)ccc2c3-c2ccc3c(c2)oc2ccccc23)cc1. The van der Waals surface area contributed by atoms with Gasteiger partial charge in [-0.2, -0.15) is 0 Å². The Kier molecular flexibility index (Phi) is 6.68. The van der Waals surface area contributed by atoms with Gasteiger partial charge in [0.1, 0.15) is 22.3 Å². The summed E-state index contributed by atoms with van der Waals surface area (Å²) in [7, 11) is 0. The van der Waals surface area contributed by atoms with Crippen LogP contribution >= 0.6 is 0 Å². The molecule has 0 aliphatic heterocycles. The lowest BCUT2D eigenvalue weighted by molar-refractivity contribution is 0.669. The van der Waals surface area contributed by atoms with E-state index in [0.29, 0.717) is 0 Å². The number of rotatable bonds is 4. The first-order chi connectivity index (χ1) is 29.3. The van der Waals surface area contributed by atoms with Crippen molar-refractivity contribution in [2.75, 3.05) is 0 Å². The van der Waals surface area contributed by atoms with Crippen LogP contribution in [-0.4, -0.2) is 0 Å². The van der Waals surface area contributed by atoms with Crippen molar-refractivity contribution in [2.24, 2.45) is 0 Å². The standard InChI is InChI=1S/C57H34O2/c1-3-15-39(16-4-1)57(40-17-5-2-6-18-40)48-23-11-9-21-46(48)55-49(57)33-38-32-36(41-22-13-25-51-54(41)47-31-26-35-14-7-8-19-43(35)56(47)59-51)27-29-42(38)53(55)37-28-30-45-44-20-10-12-24-50(44)58-52(45)34-37/h1-34H. The van der Waals surface area contributed by atoms with Crippen LogP contribution in [0, 0.1) is 0 Å². The van der Waals surface area contributed by atoms with Crippen LogP contribution < -0.4 is 0 Å². The van der Waals surface area contributed by atoms with Gasteiger partial charge in [-0.3, -0.25) is 0 Å². The van der Waals surface area contributed by atoms with Crippen molar-refractivity contribution in [2.45, 2.75) is 5.41 Å². The Morgan fingerprint density at radius 2 is 0.966 bits per heavy atom. The molecular formula is C57H34O2. The molecule has 0 amide bonds. The normalized spacial score (nSPS) is 13.2. The zero-order valence-electron chi connectivity index (χ0n) is 31.9. The van der Waals surface area contributed by atoms with Gasteiger partial charge in [-0.15, -0.1) is 0 Å². The van der Waals surface area contributed by atoms with Crippen molar-refractivity contribution in [3.63, 3.8) is 0 Å². The van der Waals surface area contributed by atoms with Gasteiger partial charge in [0.05, 0.1) is 5.41 Å². The fourth-order valence-electron chi connectivity index (χ4n) is 10.5. The molecule has 0 atom stereocenters. The average molecular weight is 751 g/mol. The van der Waals surface area contributed by atoms with Crippen molar-refractivity contribution in [1.29, 1.82) is 0 Å². The minimum atomic E-state index is -0.557. The Balaban J connectivity index is 1.15. The minimum absolute atomic E-state index is 0.557. The molecule has 0 bridgehead atoms. The number of para-hydroxylation sites is 1. The molecule has 1 aliphatic carbocycles. The molecule has 59 heavy (non-hydrogen) atoms. The minimum Gasteiger partial charge on any atom is -0.456 e. The molecule has 13 rings (SSSR count). The number of benzene rings is 10. The van der Waals surface area contributed by atoms with Crippen LogP contribution in [0.5, 0.6) is 0 Å². The summed E-state index contributed by atoms with van der Waals surface area (Å²) in [5, 5.41) is 9.21. The predicted molar refractivity (Wildman–Crippen MR) is 244 cm³/mol. The number of fused-ring (bicyclic) bond motifs is 12. The lowest BCUT2D eigenvalue weighted by Gasteiger charge is -2.34. The quantitative estimate of drug-likeness (QED) is 0.179. The highest BCUT2D eigenvalue weighted by molar-refractivity contribution is 6.20. The molecule has 10 aromatic carbocycles. The van der Waals surface area contributed by atoms with E-state index in [-0.39, 0.29) is 0 Å². The van der Waals surface area contributed by atoms with Crippen LogP contribution in [0.15, 0.2) is 215 Å². The second kappa shape index (κ2) is 12.2. The second-order valence-electron chi connectivity index (χ2n) is 15.9. The highest BCUT2D eigenvalue weighted by Gasteiger charge is 2.47. The average Bonchev–Trinajstić information content (AvgIpc) is 3.97. The highest BCUT2D eigenvalue weighted by Crippen LogP contribution is 2.60. The lowest BCUT2D eigenvalue weighted by Crippen LogP contribution is -2.28. The molecule has 12 aromatic rings. The van der Waals surface area contributed by atoms with E-state index in [0.717, 1.165) is 66.0 Å². The van der Waals surface area contributed by atoms with E-state index in [1.54, 1.807) is 0 Å². The fourth-order valence-corrected chi connectivity index (χ4v) is 10.5. The third-order valence-electron chi connectivity index (χ3n) is 12.9. The second-order valence-corrected chi connectivity index (χ2v) is 15.9. The molecule has 0 fully saturated rings. The van der Waals surface area contributed by atoms with Crippen molar-refractivity contribution in [3.05, 3.63) is 229 Å². The maximum atomic E-state index is 6.66. The van der Waals surface area contributed by atoms with E-state index in [9.17, 15) is 0 Å². The third-order valence-corrected chi connectivity index (χ3v) is 12.9. The van der Waals surface area contributed by atoms with Gasteiger partial charge in [0.15, 0.2) is 0 Å². The van der Waals surface area contributed by atoms with E-state index in [2.05, 4.69) is 200 Å². The summed E-state index contributed by atoms with van der Waals surface area (Å²) in [6, 6.07) is 75.2. The van der Waals surface area contributed by atoms with E-state index < -0.39 is 5.41 Å². The largest absolute Gasteiger partial charge is 0.456 e. The Labute approximate surface area is 340 Å². The first-order valence-electron chi connectivity index (χ1n) is 20.3. The van der Waals surface area contributed by atoms with Gasteiger partial charge in [0.25, 0.3) is 0 Å². The van der Waals surface area contributed by atoms with Crippen molar-refractivity contribution in [1.82, 2.24) is 0 Å². The van der Waals surface area contributed by atoms with Crippen LogP contribution in [0.25, 0.3) is 98.8 Å². The molecule has 0 N–H and O–H groups in total. The molecule has 1 aliphatic rings. The smallest absolute Gasteiger partial charge is 0.143 e. The third kappa shape index (κ3) is 4.46. The molecule has 0 unspecified atom stereocenters. The van der Waals surface area contributed by atoms with Gasteiger partial charge in [-0.1, -0.05) is 164 Å². The zero-order valence-corrected chi connectivity index (χ0v) is 31.9. The van der Waals surface area contributed by atoms with E-state index >= 15 is 0 Å². The van der Waals surface area contributed by atoms with E-state index in [4.69, 9.17) is 8.83 Å². The van der Waals surface area contributed by atoms with Crippen LogP contribution in [0.2, 0.25) is 0 Å². The fraction of sp³-hybridized carbons (Fsp3) is 0.0175. The van der Waals surface area contributed by atoms with Crippen LogP contribution in [0.4, 0.5) is 0 Å². The molecule has 0 saturated carbocycles. The van der Waals surface area contributed by atoms with Crippen molar-refractivity contribution >= 4 is 65.4 Å². The summed E-state index contributed by atoms with van der Waals surface area (Å²) in [4.78, 5) is 0. The molecule has 2 aromatic heterocycles. The van der Waals surface area contributed by atoms with Gasteiger partial charge >= 0.3 is 0 Å². The Hall–Kier alpha value is -7.68. The van der Waals surface area contributed by atoms with Gasteiger partial charge in [-0.05, 0) is 114 Å². The summed E-state index contributed by atoms with van der Waals surface area (Å²) in [5.41, 5.74) is 15.3. The first kappa shape index (κ1) is 32.4. The Morgan fingerprint density at radius 3 is 1.81 bits per heavy atom. The number of hydrogen-bond acceptors (Lipinski definition) is 2. The van der Waals surface area contributed by atoms with Crippen LogP contribution in [0.3, 0.4) is 0 Å². The monoisotopic (exact) mass is 750 g/mol. The van der Waals surface area contributed by atoms with Gasteiger partial charge < -0.3 is 8.83 Å². The molecule has 0 radical (unpaired) electrons. The number of hydrogen-bond donors (Lipinski definition) is 0. The predicted octanol–water partition coefficient (Wildman–Crippen LogP) is 15.5. The van der Waals surface area contributed by atoms with E-state index in [1.165, 1.54) is 55.1 Å². The topological polar surface area (TPSA) is 26.3 Å². The Bertz CT molecular complexity index is 3620. The van der Waals surface area contributed by atoms with Crippen LogP contribution in [0.1, 0.15) is 22.3 Å². The zero-order chi connectivity index (χ0) is 38.7. The van der Waals surface area contributed by atoms with Gasteiger partial charge in [0, 0.05) is 26.9 Å². The molecular weight excluding hydrogens is 717 g/mol. The summed E-state index contributed by atoms with van der Waals surface area (Å²) in [6.45, 7) is 0. The molecule has 2 heteroatoms. The molecule has 2 heterocycles. The Morgan fingerprint density at radius 1 is 0.322 bits per heavy atom. The summed E-state index contributed by atoms with van der Waals surface area (Å²) < 4.78 is 13.2. The maximum absolute atomic E-state index is 6.66. The summed E-state index contributed by atoms with van der Waals surface area (Å²) in [6.07, 6.45) is 0. The molecule has 274 valence electrons. The lowest BCUT2D eigenvalue weighted by atomic mass is 9.67.